The van der Waals surface area contributed by atoms with Crippen LogP contribution in [-0.4, -0.2) is 237 Å². The molecule has 101 heavy (non-hydrogen) atoms. The fraction of sp³-hybridized carbons (Fsp3) is 0.676. The Morgan fingerprint density at radius 2 is 1.64 bits per heavy atom. The predicted molar refractivity (Wildman–Crippen MR) is 382 cm³/mol. The molecule has 11 N–H and O–H groups in total. The Labute approximate surface area is 599 Å². The lowest BCUT2D eigenvalue weighted by Gasteiger charge is -2.63. The SMILES string of the molecule is CC[C@]1(O)C[C@H]2CN(CCc3c([nH]c4ccccc34)[C@@](C)(c3cc4c(cc3OC)N(C)[C@H]3[C@@](O)(C(=O)CNC(=O)OCCSSC[C@@H](CC(=O)[C@@H](NC(=O)CC[CH]CC(C)=O)NC(=O)CCCCCCCCOC5C[C@@H](O)C(O)C(CO)O5)C(=O)O)[C@H](O)[C@]5(CC)C=CCN6CC[C@]43[C@@H]65)C2)C1. The van der Waals surface area contributed by atoms with E-state index in [0.29, 0.717) is 83.4 Å². The van der Waals surface area contributed by atoms with Crippen molar-refractivity contribution >= 4 is 79.4 Å². The standard InChI is InChI=1S/C74H106N7O18S2/c1-7-71(94)39-46-38-70(4,63-49(25-29-80(41-46)44-71)48-21-15-16-22-52(48)76-63)51-35-50-53(36-56(51)96-6)79(5)67-73(50)27-30-81-28-19-26-72(8-2,66(73)81)68(92)74(67,95)58(86)40-75-69(93)98-32-33-100-101-43-47(65(90)91)34-55(85)64(78-60(88)24-17-14-20-45(3)83)77-59(87)23-13-11-9-10-12-18-31-97-61-37-54(84)62(89)57(42-82)99-61/h14-16,19,21-22,26,35-36,46-47,54,57,61-62,64,66-68,76,82,84,89,92,94-95H,7-13,17-18,20,23-25,27-34,37-44H2,1-6H3,(H,75,93)(H,77,87)(H,78,88)(H,90,91)/t46-,47+,54+,57?,61?,62?,64+,66-,67+,68+,70+,71-,72+,73+,74-/m0/s1. The van der Waals surface area contributed by atoms with E-state index in [1.54, 1.807) is 13.5 Å². The molecule has 557 valence electrons. The third-order valence-corrected chi connectivity index (χ3v) is 25.3. The largest absolute Gasteiger partial charge is 0.496 e. The van der Waals surface area contributed by atoms with E-state index in [1.807, 2.05) is 43.2 Å². The number of Topliss-reactive ketones (excluding diaryl/α,β-unsaturated/α-hetero) is 3. The maximum Gasteiger partial charge on any atom is 0.407 e. The number of aliphatic carboxylic acids is 1. The highest BCUT2D eigenvalue weighted by molar-refractivity contribution is 8.76. The molecule has 4 unspecified atom stereocenters. The minimum absolute atomic E-state index is 0.0370. The number of fused-ring (bicyclic) bond motifs is 6. The van der Waals surface area contributed by atoms with Gasteiger partial charge >= 0.3 is 12.1 Å². The van der Waals surface area contributed by atoms with Gasteiger partial charge in [-0.3, -0.25) is 33.8 Å². The van der Waals surface area contributed by atoms with Gasteiger partial charge in [-0.2, -0.15) is 0 Å². The molecule has 4 fully saturated rings. The number of hydrogen-bond donors (Lipinski definition) is 11. The molecule has 1 aliphatic carbocycles. The summed E-state index contributed by atoms with van der Waals surface area (Å²) in [6, 6.07) is 11.4. The number of aromatic nitrogens is 1. The zero-order valence-electron chi connectivity index (χ0n) is 59.3. The molecule has 3 aromatic rings. The number of ketones is 3. The second-order valence-electron chi connectivity index (χ2n) is 29.4. The molecule has 10 rings (SSSR count). The van der Waals surface area contributed by atoms with E-state index in [-0.39, 0.29) is 68.0 Å². The molecule has 25 nitrogen and oxygen atoms in total. The van der Waals surface area contributed by atoms with Crippen LogP contribution in [0.3, 0.4) is 0 Å². The maximum atomic E-state index is 15.3. The van der Waals surface area contributed by atoms with E-state index in [9.17, 15) is 64.5 Å². The van der Waals surface area contributed by atoms with Gasteiger partial charge in [-0.1, -0.05) is 91.5 Å². The molecule has 1 spiro atoms. The first kappa shape index (κ1) is 77.9. The van der Waals surface area contributed by atoms with Gasteiger partial charge in [-0.15, -0.1) is 0 Å². The van der Waals surface area contributed by atoms with Crippen molar-refractivity contribution in [3.63, 3.8) is 0 Å². The number of carbonyl (C=O) groups is 7. The molecule has 3 amide bonds. The number of nitrogens with one attached hydrogen (secondary N) is 4. The lowest BCUT2D eigenvalue weighted by Crippen LogP contribution is -2.81. The molecule has 6 aliphatic heterocycles. The quantitative estimate of drug-likeness (QED) is 0.0149. The average molecular weight is 1450 g/mol. The summed E-state index contributed by atoms with van der Waals surface area (Å²) in [5, 5.41) is 87.2. The first-order valence-corrected chi connectivity index (χ1v) is 38.7. The molecule has 16 atom stereocenters. The molecule has 3 saturated heterocycles. The van der Waals surface area contributed by atoms with Crippen molar-refractivity contribution in [3.05, 3.63) is 77.4 Å². The second-order valence-corrected chi connectivity index (χ2v) is 32.0. The number of unbranched alkanes of at least 4 members (excludes halogenated alkanes) is 6. The van der Waals surface area contributed by atoms with E-state index in [1.165, 1.54) is 23.3 Å². The maximum absolute atomic E-state index is 15.3. The number of H-pyrrole nitrogens is 1. The highest BCUT2D eigenvalue weighted by Gasteiger charge is 2.78. The Balaban J connectivity index is 0.756. The molecule has 7 aliphatic rings. The number of rotatable bonds is 35. The van der Waals surface area contributed by atoms with Crippen LogP contribution < -0.4 is 25.6 Å². The number of carbonyl (C=O) groups excluding carboxylic acids is 6. The van der Waals surface area contributed by atoms with Gasteiger partial charge in [-0.25, -0.2) is 4.79 Å². The van der Waals surface area contributed by atoms with Gasteiger partial charge in [-0.05, 0) is 114 Å². The summed E-state index contributed by atoms with van der Waals surface area (Å²) in [4.78, 5) is 104. The highest BCUT2D eigenvalue weighted by atomic mass is 33.1. The number of para-hydroxylation sites is 1. The molecule has 1 saturated carbocycles. The van der Waals surface area contributed by atoms with Crippen LogP contribution >= 0.6 is 21.6 Å². The zero-order valence-corrected chi connectivity index (χ0v) is 60.9. The Morgan fingerprint density at radius 3 is 2.37 bits per heavy atom. The van der Waals surface area contributed by atoms with Crippen molar-refractivity contribution in [1.82, 2.24) is 30.7 Å². The van der Waals surface area contributed by atoms with Gasteiger partial charge in [0.15, 0.2) is 29.6 Å². The second kappa shape index (κ2) is 33.6. The lowest BCUT2D eigenvalue weighted by atomic mass is 9.47. The molecular weight excluding hydrogens is 1340 g/mol. The van der Waals surface area contributed by atoms with Crippen LogP contribution in [0.4, 0.5) is 10.5 Å². The monoisotopic (exact) mass is 1440 g/mol. The average Bonchev–Trinajstić information content (AvgIpc) is 1.50. The number of aliphatic hydroxyl groups excluding tert-OH is 4. The Hall–Kier alpha value is -5.69. The lowest BCUT2D eigenvalue weighted by molar-refractivity contribution is -0.256. The summed E-state index contributed by atoms with van der Waals surface area (Å²) in [6.45, 7) is 10.3. The minimum atomic E-state index is -2.44. The van der Waals surface area contributed by atoms with Crippen molar-refractivity contribution in [2.24, 2.45) is 17.3 Å². The molecular formula is C74H106N7O18S2. The minimum Gasteiger partial charge on any atom is -0.496 e. The Bertz CT molecular complexity index is 3490. The van der Waals surface area contributed by atoms with E-state index in [4.69, 9.17) is 18.9 Å². The fourth-order valence-electron chi connectivity index (χ4n) is 17.9. The summed E-state index contributed by atoms with van der Waals surface area (Å²) in [7, 11) is 5.83. The van der Waals surface area contributed by atoms with Crippen LogP contribution in [0.2, 0.25) is 0 Å². The highest BCUT2D eigenvalue weighted by Crippen LogP contribution is 2.68. The van der Waals surface area contributed by atoms with Crippen LogP contribution in [0.15, 0.2) is 48.6 Å². The number of methoxy groups -OCH3 is 1. The van der Waals surface area contributed by atoms with Crippen molar-refractivity contribution in [2.45, 2.75) is 214 Å². The summed E-state index contributed by atoms with van der Waals surface area (Å²) in [5.74, 6) is -4.37. The first-order chi connectivity index (χ1) is 48.3. The number of aliphatic hydroxyl groups is 6. The topological polar surface area (TPSA) is 360 Å². The normalized spacial score (nSPS) is 30.9. The van der Waals surface area contributed by atoms with Crippen LogP contribution in [-0.2, 0) is 60.2 Å². The van der Waals surface area contributed by atoms with E-state index in [0.717, 1.165) is 83.0 Å². The van der Waals surface area contributed by atoms with Crippen LogP contribution in [0.1, 0.15) is 159 Å². The van der Waals surface area contributed by atoms with Crippen molar-refractivity contribution in [3.8, 4) is 5.75 Å². The fourth-order valence-corrected chi connectivity index (χ4v) is 20.1. The number of alkyl carbamates (subject to hydrolysis) is 1. The van der Waals surface area contributed by atoms with E-state index < -0.39 is 131 Å². The molecule has 2 aromatic carbocycles. The van der Waals surface area contributed by atoms with Gasteiger partial charge in [0.25, 0.3) is 0 Å². The number of aromatic amines is 1. The van der Waals surface area contributed by atoms with Crippen LogP contribution in [0.5, 0.6) is 5.75 Å². The van der Waals surface area contributed by atoms with Gasteiger partial charge < -0.3 is 85.3 Å². The van der Waals surface area contributed by atoms with Crippen LogP contribution in [0.25, 0.3) is 10.9 Å². The Morgan fingerprint density at radius 1 is 0.901 bits per heavy atom. The number of likely N-dealkylation sites (N-methyl/N-ethyl adjacent to an activating group) is 1. The molecule has 1 aromatic heterocycles. The number of anilines is 1. The molecule has 27 heteroatoms. The van der Waals surface area contributed by atoms with Gasteiger partial charge in [0.05, 0.1) is 43.9 Å². The predicted octanol–water partition coefficient (Wildman–Crippen LogP) is 5.53. The number of amides is 3. The summed E-state index contributed by atoms with van der Waals surface area (Å²) in [6.07, 6.45) is 5.55. The number of ether oxygens (including phenoxy) is 4. The Kier molecular flexibility index (Phi) is 25.9. The number of benzene rings is 2. The third kappa shape index (κ3) is 16.4. The number of nitrogens with zero attached hydrogens (tertiary/aromatic N) is 3. The van der Waals surface area contributed by atoms with Gasteiger partial charge in [0.1, 0.15) is 36.5 Å². The summed E-state index contributed by atoms with van der Waals surface area (Å²) >= 11 is 0. The number of piperidine rings is 1. The zero-order chi connectivity index (χ0) is 72.6. The summed E-state index contributed by atoms with van der Waals surface area (Å²) < 4.78 is 23.2. The van der Waals surface area contributed by atoms with Crippen molar-refractivity contribution < 1.29 is 88.3 Å². The number of carboxylic acids is 1. The molecule has 2 bridgehead atoms. The van der Waals surface area contributed by atoms with Crippen molar-refractivity contribution in [1.29, 1.82) is 0 Å². The smallest absolute Gasteiger partial charge is 0.407 e. The third-order valence-electron chi connectivity index (χ3n) is 22.8. The number of carboxylic acid groups (broad SMARTS) is 1. The summed E-state index contributed by atoms with van der Waals surface area (Å²) in [5.41, 5.74) is 0.0233. The van der Waals surface area contributed by atoms with Crippen molar-refractivity contribution in [2.75, 3.05) is 89.7 Å². The van der Waals surface area contributed by atoms with Gasteiger partial charge in [0.2, 0.25) is 11.8 Å². The van der Waals surface area contributed by atoms with E-state index >= 15 is 4.79 Å². The van der Waals surface area contributed by atoms with E-state index in [2.05, 4.69) is 68.8 Å². The number of hydrogen-bond acceptors (Lipinski definition) is 22. The van der Waals surface area contributed by atoms with Crippen LogP contribution in [0, 0.1) is 23.7 Å². The van der Waals surface area contributed by atoms with Gasteiger partial charge in [0, 0.05) is 140 Å². The molecule has 1 radical (unpaired) electrons. The first-order valence-electron chi connectivity index (χ1n) is 36.2. The molecule has 7 heterocycles.